The smallest absolute Gasteiger partial charge is 0.289 e. The van der Waals surface area contributed by atoms with Gasteiger partial charge in [0.1, 0.15) is 5.69 Å². The number of benzene rings is 1. The van der Waals surface area contributed by atoms with E-state index in [1.165, 1.54) is 5.56 Å². The first kappa shape index (κ1) is 16.2. The van der Waals surface area contributed by atoms with Crippen molar-refractivity contribution in [3.05, 3.63) is 41.7 Å². The van der Waals surface area contributed by atoms with Crippen LogP contribution in [0.4, 0.5) is 0 Å². The molecular weight excluding hydrogens is 282 g/mol. The van der Waals surface area contributed by atoms with Gasteiger partial charge in [-0.2, -0.15) is 0 Å². The molecule has 0 saturated heterocycles. The third kappa shape index (κ3) is 4.68. The van der Waals surface area contributed by atoms with Crippen LogP contribution in [-0.4, -0.2) is 44.4 Å². The lowest BCUT2D eigenvalue weighted by Crippen LogP contribution is -2.32. The van der Waals surface area contributed by atoms with Crippen molar-refractivity contribution in [3.8, 4) is 11.3 Å². The molecular formula is C16H21N3O3. The Balaban J connectivity index is 1.83. The molecule has 6 nitrogen and oxygen atoms in total. The Bertz CT molecular complexity index is 593. The summed E-state index contributed by atoms with van der Waals surface area (Å²) in [5, 5.41) is 9.86. The highest BCUT2D eigenvalue weighted by molar-refractivity contribution is 5.92. The van der Waals surface area contributed by atoms with Crippen LogP contribution in [0.1, 0.15) is 16.1 Å². The van der Waals surface area contributed by atoms with Crippen LogP contribution in [0.3, 0.4) is 0 Å². The number of nitrogens with zero attached hydrogens (tertiary/aromatic N) is 1. The van der Waals surface area contributed by atoms with Crippen molar-refractivity contribution in [2.24, 2.45) is 0 Å². The van der Waals surface area contributed by atoms with Gasteiger partial charge in [0.2, 0.25) is 5.76 Å². The Labute approximate surface area is 129 Å². The number of ether oxygens (including phenoxy) is 1. The van der Waals surface area contributed by atoms with E-state index in [2.05, 4.69) is 15.8 Å². The van der Waals surface area contributed by atoms with Crippen molar-refractivity contribution >= 4 is 5.91 Å². The maximum Gasteiger partial charge on any atom is 0.289 e. The van der Waals surface area contributed by atoms with Crippen molar-refractivity contribution in [2.45, 2.75) is 6.92 Å². The minimum Gasteiger partial charge on any atom is -0.383 e. The normalized spacial score (nSPS) is 10.6. The molecule has 2 N–H and O–H groups in total. The number of amides is 1. The average Bonchev–Trinajstić information content (AvgIpc) is 3.01. The van der Waals surface area contributed by atoms with E-state index < -0.39 is 0 Å². The highest BCUT2D eigenvalue weighted by atomic mass is 16.5. The first-order valence-corrected chi connectivity index (χ1v) is 7.22. The Morgan fingerprint density at radius 2 is 2.00 bits per heavy atom. The lowest BCUT2D eigenvalue weighted by atomic mass is 10.1. The molecule has 118 valence electrons. The summed E-state index contributed by atoms with van der Waals surface area (Å²) in [7, 11) is 1.65. The van der Waals surface area contributed by atoms with Gasteiger partial charge in [-0.15, -0.1) is 0 Å². The molecule has 0 aliphatic heterocycles. The molecule has 2 rings (SSSR count). The highest BCUT2D eigenvalue weighted by Gasteiger charge is 2.13. The quantitative estimate of drug-likeness (QED) is 0.725. The molecule has 0 aliphatic carbocycles. The first-order valence-electron chi connectivity index (χ1n) is 7.22. The topological polar surface area (TPSA) is 76.4 Å². The van der Waals surface area contributed by atoms with E-state index in [9.17, 15) is 4.79 Å². The Hall–Kier alpha value is -2.18. The fraction of sp³-hybridized carbons (Fsp3) is 0.375. The molecule has 0 atom stereocenters. The van der Waals surface area contributed by atoms with Gasteiger partial charge in [-0.05, 0) is 6.92 Å². The second kappa shape index (κ2) is 8.31. The number of carbonyl (C=O) groups excluding carboxylic acids is 1. The molecule has 1 amide bonds. The predicted octanol–water partition coefficient (Wildman–Crippen LogP) is 1.62. The van der Waals surface area contributed by atoms with E-state index in [0.29, 0.717) is 25.4 Å². The zero-order valence-corrected chi connectivity index (χ0v) is 12.9. The van der Waals surface area contributed by atoms with Crippen LogP contribution in [0.2, 0.25) is 0 Å². The first-order chi connectivity index (χ1) is 10.7. The van der Waals surface area contributed by atoms with Gasteiger partial charge in [0.15, 0.2) is 0 Å². The van der Waals surface area contributed by atoms with Crippen molar-refractivity contribution in [3.63, 3.8) is 0 Å². The summed E-state index contributed by atoms with van der Waals surface area (Å²) in [4.78, 5) is 11.9. The summed E-state index contributed by atoms with van der Waals surface area (Å²) in [6.45, 7) is 4.62. The number of aromatic nitrogens is 1. The van der Waals surface area contributed by atoms with Gasteiger partial charge in [0, 0.05) is 38.4 Å². The summed E-state index contributed by atoms with van der Waals surface area (Å²) in [6, 6.07) is 9.55. The van der Waals surface area contributed by atoms with Gasteiger partial charge in [-0.1, -0.05) is 35.0 Å². The molecule has 1 aromatic carbocycles. The molecule has 0 fully saturated rings. The van der Waals surface area contributed by atoms with Crippen LogP contribution in [0.5, 0.6) is 0 Å². The summed E-state index contributed by atoms with van der Waals surface area (Å²) in [5.74, 6) is -0.0492. The Kier molecular flexibility index (Phi) is 6.12. The fourth-order valence-corrected chi connectivity index (χ4v) is 1.89. The second-order valence-electron chi connectivity index (χ2n) is 4.94. The zero-order valence-electron chi connectivity index (χ0n) is 12.9. The SMILES string of the molecule is COCCNCCNC(=O)c1cc(-c2ccc(C)cc2)no1. The van der Waals surface area contributed by atoms with Gasteiger partial charge in [-0.3, -0.25) is 4.79 Å². The summed E-state index contributed by atoms with van der Waals surface area (Å²) in [6.07, 6.45) is 0. The van der Waals surface area contributed by atoms with Gasteiger partial charge < -0.3 is 19.9 Å². The molecule has 0 spiro atoms. The zero-order chi connectivity index (χ0) is 15.8. The summed E-state index contributed by atoms with van der Waals surface area (Å²) in [5.41, 5.74) is 2.75. The lowest BCUT2D eigenvalue weighted by Gasteiger charge is -2.04. The standard InChI is InChI=1S/C16H21N3O3/c1-12-3-5-13(6-4-12)14-11-15(22-19-14)16(20)18-8-7-17-9-10-21-2/h3-6,11,17H,7-10H2,1-2H3,(H,18,20). The van der Waals surface area contributed by atoms with Crippen molar-refractivity contribution in [1.82, 2.24) is 15.8 Å². The molecule has 1 heterocycles. The second-order valence-corrected chi connectivity index (χ2v) is 4.94. The largest absolute Gasteiger partial charge is 0.383 e. The van der Waals surface area contributed by atoms with Gasteiger partial charge in [0.25, 0.3) is 5.91 Å². The maximum atomic E-state index is 11.9. The van der Waals surface area contributed by atoms with Crippen LogP contribution >= 0.6 is 0 Å². The van der Waals surface area contributed by atoms with E-state index in [-0.39, 0.29) is 11.7 Å². The average molecular weight is 303 g/mol. The minimum atomic E-state index is -0.264. The van der Waals surface area contributed by atoms with Crippen molar-refractivity contribution in [1.29, 1.82) is 0 Å². The van der Waals surface area contributed by atoms with Crippen LogP contribution in [0.25, 0.3) is 11.3 Å². The van der Waals surface area contributed by atoms with Crippen LogP contribution in [0.15, 0.2) is 34.9 Å². The molecule has 1 aromatic heterocycles. The van der Waals surface area contributed by atoms with Crippen LogP contribution in [0, 0.1) is 6.92 Å². The highest BCUT2D eigenvalue weighted by Crippen LogP contribution is 2.19. The molecule has 0 radical (unpaired) electrons. The molecule has 0 unspecified atom stereocenters. The van der Waals surface area contributed by atoms with Crippen LogP contribution in [-0.2, 0) is 4.74 Å². The van der Waals surface area contributed by atoms with E-state index in [1.807, 2.05) is 31.2 Å². The van der Waals surface area contributed by atoms with Crippen molar-refractivity contribution < 1.29 is 14.1 Å². The number of nitrogens with one attached hydrogen (secondary N) is 2. The molecule has 22 heavy (non-hydrogen) atoms. The van der Waals surface area contributed by atoms with Gasteiger partial charge >= 0.3 is 0 Å². The van der Waals surface area contributed by atoms with E-state index in [4.69, 9.17) is 9.26 Å². The van der Waals surface area contributed by atoms with E-state index in [1.54, 1.807) is 13.2 Å². The Morgan fingerprint density at radius 3 is 2.73 bits per heavy atom. The number of methoxy groups -OCH3 is 1. The minimum absolute atomic E-state index is 0.215. The molecule has 0 aliphatic rings. The molecule has 0 saturated carbocycles. The summed E-state index contributed by atoms with van der Waals surface area (Å²) < 4.78 is 10.0. The predicted molar refractivity (Wildman–Crippen MR) is 83.8 cm³/mol. The van der Waals surface area contributed by atoms with Crippen molar-refractivity contribution in [2.75, 3.05) is 33.4 Å². The van der Waals surface area contributed by atoms with Gasteiger partial charge in [0.05, 0.1) is 6.61 Å². The van der Waals surface area contributed by atoms with E-state index in [0.717, 1.165) is 12.1 Å². The number of carbonyl (C=O) groups is 1. The third-order valence-electron chi connectivity index (χ3n) is 3.15. The lowest BCUT2D eigenvalue weighted by molar-refractivity contribution is 0.0917. The third-order valence-corrected chi connectivity index (χ3v) is 3.15. The van der Waals surface area contributed by atoms with Crippen LogP contribution < -0.4 is 10.6 Å². The monoisotopic (exact) mass is 303 g/mol. The maximum absolute atomic E-state index is 11.9. The fourth-order valence-electron chi connectivity index (χ4n) is 1.89. The summed E-state index contributed by atoms with van der Waals surface area (Å²) >= 11 is 0. The number of aryl methyl sites for hydroxylation is 1. The van der Waals surface area contributed by atoms with Gasteiger partial charge in [-0.25, -0.2) is 0 Å². The number of hydrogen-bond acceptors (Lipinski definition) is 5. The molecule has 2 aromatic rings. The molecule has 0 bridgehead atoms. The Morgan fingerprint density at radius 1 is 1.23 bits per heavy atom. The number of hydrogen-bond donors (Lipinski definition) is 2. The van der Waals surface area contributed by atoms with E-state index >= 15 is 0 Å². The molecule has 6 heteroatoms. The number of rotatable bonds is 8.